The molecule has 98 valence electrons. The summed E-state index contributed by atoms with van der Waals surface area (Å²) in [6.07, 6.45) is 0. The van der Waals surface area contributed by atoms with Crippen molar-refractivity contribution in [2.45, 2.75) is 23.4 Å². The van der Waals surface area contributed by atoms with Crippen LogP contribution in [-0.4, -0.2) is 15.4 Å². The second-order valence-electron chi connectivity index (χ2n) is 3.85. The number of anilines is 2. The Morgan fingerprint density at radius 2 is 2.26 bits per heavy atom. The predicted octanol–water partition coefficient (Wildman–Crippen LogP) is 4.25. The van der Waals surface area contributed by atoms with Gasteiger partial charge in [-0.05, 0) is 31.5 Å². The van der Waals surface area contributed by atoms with Gasteiger partial charge in [0.2, 0.25) is 5.13 Å². The van der Waals surface area contributed by atoms with Gasteiger partial charge in [-0.15, -0.1) is 10.2 Å². The first-order chi connectivity index (χ1) is 9.08. The predicted molar refractivity (Wildman–Crippen MR) is 80.3 cm³/mol. The topological polar surface area (TPSA) is 61.6 Å². The molecule has 0 aliphatic rings. The Hall–Kier alpha value is -1.29. The molecule has 0 radical (unpaired) electrons. The average molecular weight is 311 g/mol. The van der Waals surface area contributed by atoms with Crippen LogP contribution in [0.1, 0.15) is 12.5 Å². The van der Waals surface area contributed by atoms with Crippen molar-refractivity contribution in [1.82, 2.24) is 10.2 Å². The fraction of sp³-hybridized carbons (Fsp3) is 0.250. The lowest BCUT2D eigenvalue weighted by molar-refractivity contribution is 1.01. The number of thioether (sulfide) groups is 1. The maximum atomic E-state index is 8.75. The molecular weight excluding hydrogens is 300 g/mol. The van der Waals surface area contributed by atoms with Crippen molar-refractivity contribution in [3.8, 4) is 6.07 Å². The number of nitrogens with one attached hydrogen (secondary N) is 1. The average Bonchev–Trinajstić information content (AvgIpc) is 2.81. The van der Waals surface area contributed by atoms with Crippen LogP contribution in [0, 0.1) is 18.3 Å². The highest BCUT2D eigenvalue weighted by molar-refractivity contribution is 8.01. The highest BCUT2D eigenvalue weighted by Gasteiger charge is 2.09. The van der Waals surface area contributed by atoms with Gasteiger partial charge in [0.15, 0.2) is 4.34 Å². The Balaban J connectivity index is 2.07. The summed E-state index contributed by atoms with van der Waals surface area (Å²) in [5, 5.41) is 21.2. The van der Waals surface area contributed by atoms with E-state index < -0.39 is 0 Å². The SMILES string of the molecule is Cc1ccc(Nc2nnc(S[C@@H](C)C#N)s2)cc1Cl. The number of hydrogen-bond donors (Lipinski definition) is 1. The Labute approximate surface area is 124 Å². The smallest absolute Gasteiger partial charge is 0.210 e. The van der Waals surface area contributed by atoms with Gasteiger partial charge in [0.1, 0.15) is 0 Å². The highest BCUT2D eigenvalue weighted by Crippen LogP contribution is 2.30. The molecule has 0 saturated carbocycles. The summed E-state index contributed by atoms with van der Waals surface area (Å²) < 4.78 is 0.773. The first kappa shape index (κ1) is 14.1. The number of nitrogens with zero attached hydrogens (tertiary/aromatic N) is 3. The summed E-state index contributed by atoms with van der Waals surface area (Å²) in [5.41, 5.74) is 1.90. The van der Waals surface area contributed by atoms with Gasteiger partial charge < -0.3 is 5.32 Å². The maximum Gasteiger partial charge on any atom is 0.210 e. The second-order valence-corrected chi connectivity index (χ2v) is 6.82. The third-order valence-electron chi connectivity index (χ3n) is 2.29. The van der Waals surface area contributed by atoms with Crippen LogP contribution in [0.15, 0.2) is 22.5 Å². The van der Waals surface area contributed by atoms with Crippen molar-refractivity contribution in [1.29, 1.82) is 5.26 Å². The summed E-state index contributed by atoms with van der Waals surface area (Å²) in [5.74, 6) is 0. The molecule has 2 rings (SSSR count). The maximum absolute atomic E-state index is 8.75. The molecule has 19 heavy (non-hydrogen) atoms. The van der Waals surface area contributed by atoms with Crippen LogP contribution in [0.4, 0.5) is 10.8 Å². The first-order valence-electron chi connectivity index (χ1n) is 5.51. The fourth-order valence-corrected chi connectivity index (χ4v) is 3.26. The number of benzene rings is 1. The van der Waals surface area contributed by atoms with Gasteiger partial charge in [0, 0.05) is 10.7 Å². The Kier molecular flexibility index (Phi) is 4.64. The number of aromatic nitrogens is 2. The van der Waals surface area contributed by atoms with Crippen LogP contribution in [-0.2, 0) is 0 Å². The number of aryl methyl sites for hydroxylation is 1. The highest BCUT2D eigenvalue weighted by atomic mass is 35.5. The molecule has 0 saturated heterocycles. The minimum atomic E-state index is -0.130. The summed E-state index contributed by atoms with van der Waals surface area (Å²) in [6, 6.07) is 7.88. The molecule has 4 nitrogen and oxygen atoms in total. The molecule has 1 aromatic carbocycles. The summed E-state index contributed by atoms with van der Waals surface area (Å²) >= 11 is 8.88. The standard InChI is InChI=1S/C12H11ClN4S2/c1-7-3-4-9(5-10(7)13)15-11-16-17-12(19-11)18-8(2)6-14/h3-5,8H,1-2H3,(H,15,16)/t8-/m0/s1. The Bertz CT molecular complexity index is 620. The van der Waals surface area contributed by atoms with Crippen molar-refractivity contribution in [2.24, 2.45) is 0 Å². The zero-order valence-electron chi connectivity index (χ0n) is 10.3. The molecule has 1 N–H and O–H groups in total. The molecule has 1 heterocycles. The van der Waals surface area contributed by atoms with Crippen LogP contribution in [0.2, 0.25) is 5.02 Å². The van der Waals surface area contributed by atoms with Crippen molar-refractivity contribution < 1.29 is 0 Å². The van der Waals surface area contributed by atoms with Crippen molar-refractivity contribution >= 4 is 45.5 Å². The first-order valence-corrected chi connectivity index (χ1v) is 7.59. The molecule has 0 spiro atoms. The molecule has 0 amide bonds. The second kappa shape index (κ2) is 6.24. The van der Waals surface area contributed by atoms with E-state index >= 15 is 0 Å². The summed E-state index contributed by atoms with van der Waals surface area (Å²) in [4.78, 5) is 0. The van der Waals surface area contributed by atoms with E-state index in [-0.39, 0.29) is 5.25 Å². The molecule has 1 atom stereocenters. The minimum Gasteiger partial charge on any atom is -0.330 e. The molecule has 0 aliphatic heterocycles. The molecule has 7 heteroatoms. The third-order valence-corrected chi connectivity index (χ3v) is 4.61. The Morgan fingerprint density at radius 1 is 1.47 bits per heavy atom. The molecule has 0 fully saturated rings. The largest absolute Gasteiger partial charge is 0.330 e. The third kappa shape index (κ3) is 3.83. The van der Waals surface area contributed by atoms with E-state index in [1.165, 1.54) is 23.1 Å². The van der Waals surface area contributed by atoms with Crippen LogP contribution in [0.25, 0.3) is 0 Å². The minimum absolute atomic E-state index is 0.130. The van der Waals surface area contributed by atoms with Gasteiger partial charge in [0.25, 0.3) is 0 Å². The van der Waals surface area contributed by atoms with Gasteiger partial charge >= 0.3 is 0 Å². The fourth-order valence-electron chi connectivity index (χ4n) is 1.28. The number of hydrogen-bond acceptors (Lipinski definition) is 6. The van der Waals surface area contributed by atoms with Gasteiger partial charge in [-0.2, -0.15) is 5.26 Å². The number of halogens is 1. The van der Waals surface area contributed by atoms with Gasteiger partial charge in [-0.1, -0.05) is 40.8 Å². The van der Waals surface area contributed by atoms with Crippen molar-refractivity contribution in [2.75, 3.05) is 5.32 Å². The lowest BCUT2D eigenvalue weighted by atomic mass is 10.2. The summed E-state index contributed by atoms with van der Waals surface area (Å²) in [6.45, 7) is 3.79. The Morgan fingerprint density at radius 3 is 2.95 bits per heavy atom. The quantitative estimate of drug-likeness (QED) is 0.855. The van der Waals surface area contributed by atoms with E-state index in [1.807, 2.05) is 32.0 Å². The van der Waals surface area contributed by atoms with Crippen molar-refractivity contribution in [3.63, 3.8) is 0 Å². The zero-order valence-corrected chi connectivity index (χ0v) is 12.7. The van der Waals surface area contributed by atoms with E-state index in [2.05, 4.69) is 21.6 Å². The normalized spacial score (nSPS) is 11.9. The monoisotopic (exact) mass is 310 g/mol. The van der Waals surface area contributed by atoms with Gasteiger partial charge in [-0.3, -0.25) is 0 Å². The van der Waals surface area contributed by atoms with Gasteiger partial charge in [0.05, 0.1) is 11.3 Å². The van der Waals surface area contributed by atoms with E-state index in [0.29, 0.717) is 10.2 Å². The number of rotatable bonds is 4. The summed E-state index contributed by atoms with van der Waals surface area (Å²) in [7, 11) is 0. The lowest BCUT2D eigenvalue weighted by Crippen LogP contribution is -1.89. The van der Waals surface area contributed by atoms with E-state index in [4.69, 9.17) is 16.9 Å². The van der Waals surface area contributed by atoms with Crippen LogP contribution >= 0.6 is 34.7 Å². The lowest BCUT2D eigenvalue weighted by Gasteiger charge is -2.03. The molecule has 0 bridgehead atoms. The zero-order chi connectivity index (χ0) is 13.8. The van der Waals surface area contributed by atoms with E-state index in [0.717, 1.165) is 15.6 Å². The molecular formula is C12H11ClN4S2. The molecule has 0 aliphatic carbocycles. The number of nitriles is 1. The van der Waals surface area contributed by atoms with Crippen molar-refractivity contribution in [3.05, 3.63) is 28.8 Å². The van der Waals surface area contributed by atoms with Crippen LogP contribution in [0.5, 0.6) is 0 Å². The van der Waals surface area contributed by atoms with Crippen LogP contribution < -0.4 is 5.32 Å². The molecule has 1 aromatic heterocycles. The van der Waals surface area contributed by atoms with Gasteiger partial charge in [-0.25, -0.2) is 0 Å². The molecule has 2 aromatic rings. The van der Waals surface area contributed by atoms with Crippen LogP contribution in [0.3, 0.4) is 0 Å². The molecule has 0 unspecified atom stereocenters. The van der Waals surface area contributed by atoms with E-state index in [9.17, 15) is 0 Å². The van der Waals surface area contributed by atoms with E-state index in [1.54, 1.807) is 0 Å².